The van der Waals surface area contributed by atoms with Gasteiger partial charge in [0.2, 0.25) is 0 Å². The van der Waals surface area contributed by atoms with Crippen LogP contribution in [0.25, 0.3) is 0 Å². The molecule has 0 amide bonds. The topological polar surface area (TPSA) is 136 Å². The van der Waals surface area contributed by atoms with Gasteiger partial charge < -0.3 is 52.1 Å². The van der Waals surface area contributed by atoms with E-state index in [1.54, 1.807) is 0 Å². The molecule has 0 unspecified atom stereocenters. The van der Waals surface area contributed by atoms with Crippen molar-refractivity contribution < 1.29 is 61.7 Å². The first-order chi connectivity index (χ1) is 24.7. The van der Waals surface area contributed by atoms with Crippen molar-refractivity contribution in [1.29, 1.82) is 0 Å². The van der Waals surface area contributed by atoms with Crippen molar-refractivity contribution in [2.75, 3.05) is 132 Å². The van der Waals surface area contributed by atoms with Gasteiger partial charge in [0.1, 0.15) is 13.2 Å². The zero-order chi connectivity index (χ0) is 36.3. The van der Waals surface area contributed by atoms with Gasteiger partial charge in [-0.3, -0.25) is 9.59 Å². The molecule has 0 rings (SSSR count). The summed E-state index contributed by atoms with van der Waals surface area (Å²) in [4.78, 5) is 23.3. The van der Waals surface area contributed by atoms with E-state index in [0.29, 0.717) is 132 Å². The summed E-state index contributed by atoms with van der Waals surface area (Å²) in [5.41, 5.74) is 0. The first-order valence-electron chi connectivity index (χ1n) is 19.2. The van der Waals surface area contributed by atoms with E-state index in [1.807, 2.05) is 0 Å². The van der Waals surface area contributed by atoms with Crippen LogP contribution in [0.5, 0.6) is 0 Å². The SMILES string of the molecule is CCCCCCCCC(=O)OCCOCCOCCOCCOCCOCCOCCOCCOCCOCCOC(=O)CCCCCCC. The molecule has 13 nitrogen and oxygen atoms in total. The van der Waals surface area contributed by atoms with E-state index in [0.717, 1.165) is 25.7 Å². The zero-order valence-electron chi connectivity index (χ0n) is 31.6. The monoisotopic (exact) mass is 724 g/mol. The Morgan fingerprint density at radius 1 is 0.280 bits per heavy atom. The summed E-state index contributed by atoms with van der Waals surface area (Å²) in [7, 11) is 0. The minimum Gasteiger partial charge on any atom is -0.463 e. The Labute approximate surface area is 302 Å². The summed E-state index contributed by atoms with van der Waals surface area (Å²) in [6, 6.07) is 0. The zero-order valence-corrected chi connectivity index (χ0v) is 31.6. The van der Waals surface area contributed by atoms with Crippen LogP contribution in [0.15, 0.2) is 0 Å². The van der Waals surface area contributed by atoms with Gasteiger partial charge in [-0.1, -0.05) is 71.6 Å². The average molecular weight is 725 g/mol. The highest BCUT2D eigenvalue weighted by molar-refractivity contribution is 5.69. The van der Waals surface area contributed by atoms with Crippen LogP contribution >= 0.6 is 0 Å². The summed E-state index contributed by atoms with van der Waals surface area (Å²) >= 11 is 0. The Morgan fingerprint density at radius 3 is 0.720 bits per heavy atom. The summed E-state index contributed by atoms with van der Waals surface area (Å²) in [5.74, 6) is -0.295. The molecule has 298 valence electrons. The Hall–Kier alpha value is -1.42. The van der Waals surface area contributed by atoms with Crippen molar-refractivity contribution in [3.05, 3.63) is 0 Å². The molecule has 0 aromatic carbocycles. The maximum Gasteiger partial charge on any atom is 0.305 e. The second-order valence-electron chi connectivity index (χ2n) is 11.6. The number of carbonyl (C=O) groups excluding carboxylic acids is 2. The predicted molar refractivity (Wildman–Crippen MR) is 191 cm³/mol. The molecule has 0 N–H and O–H groups in total. The van der Waals surface area contributed by atoms with E-state index in [1.165, 1.54) is 44.9 Å². The molecule has 0 radical (unpaired) electrons. The van der Waals surface area contributed by atoms with Crippen molar-refractivity contribution >= 4 is 11.9 Å². The third-order valence-corrected chi connectivity index (χ3v) is 7.18. The van der Waals surface area contributed by atoms with Gasteiger partial charge in [-0.2, -0.15) is 0 Å². The number of hydrogen-bond acceptors (Lipinski definition) is 13. The third kappa shape index (κ3) is 42.7. The lowest BCUT2D eigenvalue weighted by atomic mass is 10.1. The highest BCUT2D eigenvalue weighted by Gasteiger charge is 2.04. The van der Waals surface area contributed by atoms with E-state index in [2.05, 4.69) is 13.8 Å². The highest BCUT2D eigenvalue weighted by atomic mass is 16.6. The molecule has 0 saturated heterocycles. The van der Waals surface area contributed by atoms with Gasteiger partial charge in [-0.25, -0.2) is 0 Å². The molecule has 0 aliphatic heterocycles. The molecule has 0 atom stereocenters. The lowest BCUT2D eigenvalue weighted by molar-refractivity contribution is -0.146. The fourth-order valence-corrected chi connectivity index (χ4v) is 4.36. The van der Waals surface area contributed by atoms with E-state index in [9.17, 15) is 9.59 Å². The van der Waals surface area contributed by atoms with Crippen LogP contribution in [0.2, 0.25) is 0 Å². The number of hydrogen-bond donors (Lipinski definition) is 0. The maximum atomic E-state index is 11.7. The van der Waals surface area contributed by atoms with Gasteiger partial charge in [0.25, 0.3) is 0 Å². The van der Waals surface area contributed by atoms with Crippen molar-refractivity contribution in [2.45, 2.75) is 97.3 Å². The maximum absolute atomic E-state index is 11.7. The molecule has 0 aromatic heterocycles. The molecule has 0 bridgehead atoms. The standard InChI is InChI=1S/C37H72O13/c1-3-5-7-9-11-13-15-37(39)50-35-33-48-31-29-46-27-25-44-23-21-42-19-17-40-16-18-41-20-22-43-24-26-45-28-30-47-32-34-49-36(38)14-12-10-8-6-4-2/h3-35H2,1-2H3. The van der Waals surface area contributed by atoms with E-state index in [4.69, 9.17) is 52.1 Å². The highest BCUT2D eigenvalue weighted by Crippen LogP contribution is 2.07. The first kappa shape index (κ1) is 48.6. The van der Waals surface area contributed by atoms with Crippen molar-refractivity contribution in [2.24, 2.45) is 0 Å². The van der Waals surface area contributed by atoms with Crippen LogP contribution in [0.3, 0.4) is 0 Å². The van der Waals surface area contributed by atoms with Gasteiger partial charge in [0, 0.05) is 12.8 Å². The summed E-state index contributed by atoms with van der Waals surface area (Å²) < 4.78 is 59.5. The summed E-state index contributed by atoms with van der Waals surface area (Å²) in [5, 5.41) is 0. The largest absolute Gasteiger partial charge is 0.463 e. The van der Waals surface area contributed by atoms with Gasteiger partial charge in [0.15, 0.2) is 0 Å². The van der Waals surface area contributed by atoms with Crippen LogP contribution in [0.1, 0.15) is 97.3 Å². The fraction of sp³-hybridized carbons (Fsp3) is 0.946. The molecule has 0 fully saturated rings. The van der Waals surface area contributed by atoms with Crippen molar-refractivity contribution in [1.82, 2.24) is 0 Å². The molecule has 0 aromatic rings. The Morgan fingerprint density at radius 2 is 0.480 bits per heavy atom. The lowest BCUT2D eigenvalue weighted by Crippen LogP contribution is -2.15. The van der Waals surface area contributed by atoms with Crippen LogP contribution < -0.4 is 0 Å². The van der Waals surface area contributed by atoms with Gasteiger partial charge in [-0.05, 0) is 12.8 Å². The molecule has 50 heavy (non-hydrogen) atoms. The van der Waals surface area contributed by atoms with Crippen molar-refractivity contribution in [3.8, 4) is 0 Å². The summed E-state index contributed by atoms with van der Waals surface area (Å²) in [6.45, 7) is 13.4. The lowest BCUT2D eigenvalue weighted by Gasteiger charge is -2.09. The van der Waals surface area contributed by atoms with Crippen LogP contribution in [0.4, 0.5) is 0 Å². The smallest absolute Gasteiger partial charge is 0.305 e. The van der Waals surface area contributed by atoms with Crippen LogP contribution in [0, 0.1) is 0 Å². The van der Waals surface area contributed by atoms with E-state index in [-0.39, 0.29) is 25.2 Å². The Balaban J connectivity index is 3.13. The molecule has 0 spiro atoms. The van der Waals surface area contributed by atoms with Crippen LogP contribution in [-0.2, 0) is 61.7 Å². The van der Waals surface area contributed by atoms with Gasteiger partial charge >= 0.3 is 11.9 Å². The van der Waals surface area contributed by atoms with Gasteiger partial charge in [-0.15, -0.1) is 0 Å². The fourth-order valence-electron chi connectivity index (χ4n) is 4.36. The minimum absolute atomic E-state index is 0.146. The predicted octanol–water partition coefficient (Wildman–Crippen LogP) is 5.33. The Kier molecular flexibility index (Phi) is 42.5. The minimum atomic E-state index is -0.149. The average Bonchev–Trinajstić information content (AvgIpc) is 3.12. The third-order valence-electron chi connectivity index (χ3n) is 7.18. The number of ether oxygens (including phenoxy) is 11. The number of unbranched alkanes of at least 4 members (excludes halogenated alkanes) is 9. The second kappa shape index (κ2) is 43.7. The van der Waals surface area contributed by atoms with E-state index < -0.39 is 0 Å². The molecule has 0 heterocycles. The quantitative estimate of drug-likeness (QED) is 0.0593. The second-order valence-corrected chi connectivity index (χ2v) is 11.6. The number of carbonyl (C=O) groups is 2. The van der Waals surface area contributed by atoms with Crippen molar-refractivity contribution in [3.63, 3.8) is 0 Å². The first-order valence-corrected chi connectivity index (χ1v) is 19.2. The molecular weight excluding hydrogens is 652 g/mol. The molecule has 0 saturated carbocycles. The number of rotatable bonds is 43. The molecule has 13 heteroatoms. The molecular formula is C37H72O13. The van der Waals surface area contributed by atoms with Gasteiger partial charge in [0.05, 0.1) is 119 Å². The van der Waals surface area contributed by atoms with E-state index >= 15 is 0 Å². The number of esters is 2. The molecule has 0 aliphatic carbocycles. The normalized spacial score (nSPS) is 11.3. The van der Waals surface area contributed by atoms with Crippen LogP contribution in [-0.4, -0.2) is 144 Å². The summed E-state index contributed by atoms with van der Waals surface area (Å²) in [6.07, 6.45) is 13.5. The molecule has 0 aliphatic rings. The Bertz CT molecular complexity index is 684.